The number of rotatable bonds is 4. The molecule has 3 heteroatoms. The molecule has 2 rings (SSSR count). The van der Waals surface area contributed by atoms with Crippen molar-refractivity contribution < 1.29 is 15.0 Å². The minimum Gasteiger partial charge on any atom is -0.508 e. The van der Waals surface area contributed by atoms with Gasteiger partial charge in [-0.2, -0.15) is 0 Å². The molecule has 3 nitrogen and oxygen atoms in total. The lowest BCUT2D eigenvalue weighted by Crippen LogP contribution is -2.18. The molecule has 0 radical (unpaired) electrons. The summed E-state index contributed by atoms with van der Waals surface area (Å²) >= 11 is 0. The Bertz CT molecular complexity index is 408. The second kappa shape index (κ2) is 4.16. The molecule has 0 heterocycles. The average Bonchev–Trinajstić information content (AvgIpc) is 3.03. The van der Waals surface area contributed by atoms with Gasteiger partial charge in [-0.05, 0) is 49.3 Å². The van der Waals surface area contributed by atoms with E-state index in [0.29, 0.717) is 12.3 Å². The summed E-state index contributed by atoms with van der Waals surface area (Å²) in [6.45, 7) is 1.83. The Balaban J connectivity index is 2.12. The maximum atomic E-state index is 11.1. The van der Waals surface area contributed by atoms with Crippen molar-refractivity contribution in [2.24, 2.45) is 11.8 Å². The molecule has 2 N–H and O–H groups in total. The van der Waals surface area contributed by atoms with Crippen molar-refractivity contribution in [2.45, 2.75) is 26.2 Å². The van der Waals surface area contributed by atoms with Gasteiger partial charge in [0.15, 0.2) is 0 Å². The lowest BCUT2D eigenvalue weighted by molar-refractivity contribution is -0.142. The van der Waals surface area contributed by atoms with Crippen LogP contribution in [0.4, 0.5) is 0 Å². The number of carboxylic acids is 1. The first-order valence-corrected chi connectivity index (χ1v) is 5.59. The number of phenolic OH excluding ortho intramolecular Hbond substituents is 1. The minimum absolute atomic E-state index is 0.260. The minimum atomic E-state index is -0.701. The molecular weight excluding hydrogens is 204 g/mol. The molecule has 86 valence electrons. The maximum Gasteiger partial charge on any atom is 0.307 e. The summed E-state index contributed by atoms with van der Waals surface area (Å²) in [4.78, 5) is 11.1. The summed E-state index contributed by atoms with van der Waals surface area (Å²) in [5, 5.41) is 18.5. The predicted molar refractivity (Wildman–Crippen MR) is 60.4 cm³/mol. The molecule has 1 aromatic carbocycles. The molecule has 0 aromatic heterocycles. The highest BCUT2D eigenvalue weighted by Crippen LogP contribution is 2.38. The summed E-state index contributed by atoms with van der Waals surface area (Å²) in [6.07, 6.45) is 2.64. The summed E-state index contributed by atoms with van der Waals surface area (Å²) < 4.78 is 0. The highest BCUT2D eigenvalue weighted by Gasteiger charge is 2.35. The van der Waals surface area contributed by atoms with Crippen molar-refractivity contribution in [3.63, 3.8) is 0 Å². The largest absolute Gasteiger partial charge is 0.508 e. The highest BCUT2D eigenvalue weighted by molar-refractivity contribution is 5.71. The van der Waals surface area contributed by atoms with E-state index in [4.69, 9.17) is 5.11 Å². The van der Waals surface area contributed by atoms with Gasteiger partial charge in [0.1, 0.15) is 5.75 Å². The number of carboxylic acid groups (broad SMARTS) is 1. The number of carbonyl (C=O) groups is 1. The molecule has 0 saturated heterocycles. The number of aliphatic carboxylic acids is 1. The summed E-state index contributed by atoms with van der Waals surface area (Å²) in [7, 11) is 0. The van der Waals surface area contributed by atoms with Crippen LogP contribution in [-0.4, -0.2) is 16.2 Å². The first kappa shape index (κ1) is 11.0. The monoisotopic (exact) mass is 220 g/mol. The Kier molecular flexibility index (Phi) is 2.86. The van der Waals surface area contributed by atoms with Gasteiger partial charge < -0.3 is 10.2 Å². The standard InChI is InChI=1S/C13H16O3/c1-8-6-9(2-5-12(8)14)7-11(13(15)16)10-3-4-10/h2,5-6,10-11,14H,3-4,7H2,1H3,(H,15,16). The van der Waals surface area contributed by atoms with E-state index in [0.717, 1.165) is 24.0 Å². The molecule has 1 unspecified atom stereocenters. The molecule has 1 atom stereocenters. The van der Waals surface area contributed by atoms with E-state index < -0.39 is 5.97 Å². The van der Waals surface area contributed by atoms with Crippen molar-refractivity contribution in [1.82, 2.24) is 0 Å². The van der Waals surface area contributed by atoms with Crippen LogP contribution in [0.25, 0.3) is 0 Å². The van der Waals surface area contributed by atoms with Crippen molar-refractivity contribution in [2.75, 3.05) is 0 Å². The fourth-order valence-electron chi connectivity index (χ4n) is 2.05. The van der Waals surface area contributed by atoms with E-state index in [1.54, 1.807) is 12.1 Å². The second-order valence-corrected chi connectivity index (χ2v) is 4.61. The normalized spacial score (nSPS) is 17.1. The number of hydrogen-bond donors (Lipinski definition) is 2. The van der Waals surface area contributed by atoms with E-state index >= 15 is 0 Å². The van der Waals surface area contributed by atoms with Gasteiger partial charge in [0.05, 0.1) is 5.92 Å². The Morgan fingerprint density at radius 3 is 2.69 bits per heavy atom. The van der Waals surface area contributed by atoms with Crippen LogP contribution < -0.4 is 0 Å². The molecular formula is C13H16O3. The third kappa shape index (κ3) is 2.35. The van der Waals surface area contributed by atoms with Crippen LogP contribution in [0.1, 0.15) is 24.0 Å². The molecule has 0 amide bonds. The van der Waals surface area contributed by atoms with Crippen LogP contribution in [0.3, 0.4) is 0 Å². The predicted octanol–water partition coefficient (Wildman–Crippen LogP) is 2.35. The van der Waals surface area contributed by atoms with Gasteiger partial charge in [0, 0.05) is 0 Å². The number of hydrogen-bond acceptors (Lipinski definition) is 2. The molecule has 0 bridgehead atoms. The molecule has 1 fully saturated rings. The lowest BCUT2D eigenvalue weighted by atomic mass is 9.94. The van der Waals surface area contributed by atoms with Crippen molar-refractivity contribution in [1.29, 1.82) is 0 Å². The van der Waals surface area contributed by atoms with Gasteiger partial charge in [-0.1, -0.05) is 12.1 Å². The van der Waals surface area contributed by atoms with Crippen LogP contribution in [0.5, 0.6) is 5.75 Å². The van der Waals surface area contributed by atoms with E-state index in [-0.39, 0.29) is 11.7 Å². The quantitative estimate of drug-likeness (QED) is 0.818. The molecule has 1 saturated carbocycles. The summed E-state index contributed by atoms with van der Waals surface area (Å²) in [5.74, 6) is -0.342. The van der Waals surface area contributed by atoms with Crippen molar-refractivity contribution in [3.05, 3.63) is 29.3 Å². The van der Waals surface area contributed by atoms with Crippen LogP contribution in [0.15, 0.2) is 18.2 Å². The van der Waals surface area contributed by atoms with Crippen molar-refractivity contribution in [3.8, 4) is 5.75 Å². The fourth-order valence-corrected chi connectivity index (χ4v) is 2.05. The van der Waals surface area contributed by atoms with E-state index in [2.05, 4.69) is 0 Å². The molecule has 1 aliphatic rings. The Morgan fingerprint density at radius 2 is 2.19 bits per heavy atom. The van der Waals surface area contributed by atoms with Crippen molar-refractivity contribution >= 4 is 5.97 Å². The smallest absolute Gasteiger partial charge is 0.307 e. The molecule has 1 aromatic rings. The van der Waals surface area contributed by atoms with E-state index in [9.17, 15) is 9.90 Å². The van der Waals surface area contributed by atoms with Gasteiger partial charge in [-0.15, -0.1) is 0 Å². The number of phenols is 1. The zero-order valence-corrected chi connectivity index (χ0v) is 9.31. The third-order valence-corrected chi connectivity index (χ3v) is 3.23. The maximum absolute atomic E-state index is 11.1. The molecule has 16 heavy (non-hydrogen) atoms. The zero-order valence-electron chi connectivity index (χ0n) is 9.31. The van der Waals surface area contributed by atoms with Crippen LogP contribution in [-0.2, 0) is 11.2 Å². The summed E-state index contributed by atoms with van der Waals surface area (Å²) in [6, 6.07) is 5.31. The summed E-state index contributed by atoms with van der Waals surface area (Å²) in [5.41, 5.74) is 1.80. The van der Waals surface area contributed by atoms with Gasteiger partial charge in [-0.3, -0.25) is 4.79 Å². The topological polar surface area (TPSA) is 57.5 Å². The third-order valence-electron chi connectivity index (χ3n) is 3.23. The average molecular weight is 220 g/mol. The van der Waals surface area contributed by atoms with E-state index in [1.807, 2.05) is 13.0 Å². The van der Waals surface area contributed by atoms with Gasteiger partial charge in [0.2, 0.25) is 0 Å². The second-order valence-electron chi connectivity index (χ2n) is 4.61. The first-order valence-electron chi connectivity index (χ1n) is 5.59. The van der Waals surface area contributed by atoms with Crippen LogP contribution in [0, 0.1) is 18.8 Å². The number of aryl methyl sites for hydroxylation is 1. The van der Waals surface area contributed by atoms with E-state index in [1.165, 1.54) is 0 Å². The Morgan fingerprint density at radius 1 is 1.50 bits per heavy atom. The fraction of sp³-hybridized carbons (Fsp3) is 0.462. The highest BCUT2D eigenvalue weighted by atomic mass is 16.4. The number of aromatic hydroxyl groups is 1. The first-order chi connectivity index (χ1) is 7.58. The molecule has 0 spiro atoms. The van der Waals surface area contributed by atoms with Crippen LogP contribution in [0.2, 0.25) is 0 Å². The zero-order chi connectivity index (χ0) is 11.7. The lowest BCUT2D eigenvalue weighted by Gasteiger charge is -2.11. The van der Waals surface area contributed by atoms with Gasteiger partial charge in [-0.25, -0.2) is 0 Å². The Hall–Kier alpha value is -1.51. The van der Waals surface area contributed by atoms with Gasteiger partial charge in [0.25, 0.3) is 0 Å². The molecule has 0 aliphatic heterocycles. The van der Waals surface area contributed by atoms with Gasteiger partial charge >= 0.3 is 5.97 Å². The number of benzene rings is 1. The Labute approximate surface area is 94.7 Å². The van der Waals surface area contributed by atoms with Crippen LogP contribution >= 0.6 is 0 Å². The SMILES string of the molecule is Cc1cc(CC(C(=O)O)C2CC2)ccc1O. The molecule has 1 aliphatic carbocycles.